The fraction of sp³-hybridized carbons (Fsp3) is 0.471. The number of carbonyl (C=O) groups is 1. The highest BCUT2D eigenvalue weighted by molar-refractivity contribution is 7.91. The van der Waals surface area contributed by atoms with Gasteiger partial charge in [-0.1, -0.05) is 34.8 Å². The van der Waals surface area contributed by atoms with Crippen LogP contribution in [0.4, 0.5) is 0 Å². The molecule has 0 bridgehead atoms. The van der Waals surface area contributed by atoms with Gasteiger partial charge in [0.1, 0.15) is 4.88 Å². The highest BCUT2D eigenvalue weighted by Gasteiger charge is 2.36. The predicted molar refractivity (Wildman–Crippen MR) is 111 cm³/mol. The van der Waals surface area contributed by atoms with Crippen LogP contribution in [0.5, 0.6) is 0 Å². The van der Waals surface area contributed by atoms with Crippen molar-refractivity contribution in [3.05, 3.63) is 32.1 Å². The molecular weight excluding hydrogens is 453 g/mol. The van der Waals surface area contributed by atoms with Gasteiger partial charge in [-0.15, -0.1) is 11.3 Å². The van der Waals surface area contributed by atoms with Gasteiger partial charge in [0.15, 0.2) is 9.84 Å². The lowest BCUT2D eigenvalue weighted by molar-refractivity contribution is 0.0679. The van der Waals surface area contributed by atoms with Crippen LogP contribution in [0.2, 0.25) is 15.1 Å². The minimum atomic E-state index is -3.13. The second-order valence-electron chi connectivity index (χ2n) is 6.41. The molecule has 1 atom stereocenters. The van der Waals surface area contributed by atoms with E-state index in [4.69, 9.17) is 39.5 Å². The zero-order valence-electron chi connectivity index (χ0n) is 14.5. The van der Waals surface area contributed by atoms with E-state index >= 15 is 0 Å². The number of halogens is 3. The van der Waals surface area contributed by atoms with Crippen molar-refractivity contribution in [3.63, 3.8) is 0 Å². The van der Waals surface area contributed by atoms with Crippen molar-refractivity contribution in [2.24, 2.45) is 0 Å². The maximum Gasteiger partial charge on any atom is 0.265 e. The number of carbonyl (C=O) groups excluding carboxylic acids is 1. The topological polar surface area (TPSA) is 63.7 Å². The molecular formula is C17H18Cl3NO4S2. The van der Waals surface area contributed by atoms with E-state index in [0.717, 1.165) is 4.70 Å². The van der Waals surface area contributed by atoms with Crippen molar-refractivity contribution < 1.29 is 17.9 Å². The highest BCUT2D eigenvalue weighted by Crippen LogP contribution is 2.42. The third kappa shape index (κ3) is 4.54. The monoisotopic (exact) mass is 469 g/mol. The van der Waals surface area contributed by atoms with Crippen molar-refractivity contribution >= 4 is 72.0 Å². The average molecular weight is 471 g/mol. The Balaban J connectivity index is 1.97. The molecule has 1 aromatic heterocycles. The first-order valence-corrected chi connectivity index (χ1v) is 12.1. The van der Waals surface area contributed by atoms with Crippen LogP contribution in [0.25, 0.3) is 10.1 Å². The average Bonchev–Trinajstić information content (AvgIpc) is 3.10. The molecule has 0 radical (unpaired) electrons. The Morgan fingerprint density at radius 2 is 2.07 bits per heavy atom. The van der Waals surface area contributed by atoms with Gasteiger partial charge in [0.25, 0.3) is 5.91 Å². The zero-order chi connectivity index (χ0) is 19.8. The molecule has 1 aliphatic rings. The Bertz CT molecular complexity index is 974. The minimum Gasteiger partial charge on any atom is -0.385 e. The molecule has 2 heterocycles. The van der Waals surface area contributed by atoms with Gasteiger partial charge in [-0.3, -0.25) is 4.79 Å². The van der Waals surface area contributed by atoms with Crippen LogP contribution in [0.15, 0.2) is 12.1 Å². The molecule has 10 heteroatoms. The lowest BCUT2D eigenvalue weighted by atomic mass is 10.2. The number of hydrogen-bond donors (Lipinski definition) is 0. The minimum absolute atomic E-state index is 0.0270. The standard InChI is InChI=1S/C17H18Cl3NO4S2/c1-25-5-2-4-21(11-3-6-27(23,24)9-11)17(22)16-15(20)14-12(19)7-10(18)8-13(14)26-16/h7-8,11H,2-6,9H2,1H3. The van der Waals surface area contributed by atoms with Crippen molar-refractivity contribution in [1.29, 1.82) is 0 Å². The number of amides is 1. The third-order valence-corrected chi connectivity index (χ3v) is 8.38. The van der Waals surface area contributed by atoms with Crippen LogP contribution < -0.4 is 0 Å². The Labute approximate surface area is 177 Å². The third-order valence-electron chi connectivity index (χ3n) is 4.50. The normalized spacial score (nSPS) is 18.9. The number of nitrogens with zero attached hydrogens (tertiary/aromatic N) is 1. The summed E-state index contributed by atoms with van der Waals surface area (Å²) in [6.07, 6.45) is 1.03. The van der Waals surface area contributed by atoms with Crippen LogP contribution in [-0.2, 0) is 14.6 Å². The first-order valence-electron chi connectivity index (χ1n) is 8.31. The van der Waals surface area contributed by atoms with Gasteiger partial charge in [-0.25, -0.2) is 8.42 Å². The number of rotatable bonds is 6. The molecule has 1 fully saturated rings. The summed E-state index contributed by atoms with van der Waals surface area (Å²) < 4.78 is 29.6. The first kappa shape index (κ1) is 21.1. The van der Waals surface area contributed by atoms with Crippen molar-refractivity contribution in [2.45, 2.75) is 18.9 Å². The summed E-state index contributed by atoms with van der Waals surface area (Å²) in [6.45, 7) is 0.872. The Kier molecular flexibility index (Phi) is 6.60. The summed E-state index contributed by atoms with van der Waals surface area (Å²) in [5.74, 6) is -0.222. The van der Waals surface area contributed by atoms with Crippen molar-refractivity contribution in [3.8, 4) is 0 Å². The number of fused-ring (bicyclic) bond motifs is 1. The fourth-order valence-corrected chi connectivity index (χ4v) is 7.29. The Morgan fingerprint density at radius 3 is 2.70 bits per heavy atom. The number of benzene rings is 1. The summed E-state index contributed by atoms with van der Waals surface area (Å²) >= 11 is 20.0. The number of methoxy groups -OCH3 is 1. The quantitative estimate of drug-likeness (QED) is 0.582. The van der Waals surface area contributed by atoms with E-state index in [2.05, 4.69) is 0 Å². The first-order chi connectivity index (χ1) is 12.7. The molecule has 1 saturated heterocycles. The Morgan fingerprint density at radius 1 is 1.33 bits per heavy atom. The molecule has 1 aromatic carbocycles. The van der Waals surface area contributed by atoms with Gasteiger partial charge < -0.3 is 9.64 Å². The van der Waals surface area contributed by atoms with Crippen LogP contribution in [0.1, 0.15) is 22.5 Å². The number of ether oxygens (including phenoxy) is 1. The van der Waals surface area contributed by atoms with Gasteiger partial charge in [0.2, 0.25) is 0 Å². The molecule has 0 spiro atoms. The largest absolute Gasteiger partial charge is 0.385 e. The molecule has 1 amide bonds. The van der Waals surface area contributed by atoms with Gasteiger partial charge in [-0.2, -0.15) is 0 Å². The van der Waals surface area contributed by atoms with E-state index in [1.807, 2.05) is 0 Å². The molecule has 0 N–H and O–H groups in total. The molecule has 5 nitrogen and oxygen atoms in total. The molecule has 1 aliphatic heterocycles. The summed E-state index contributed by atoms with van der Waals surface area (Å²) in [5.41, 5.74) is 0. The second kappa shape index (κ2) is 8.43. The number of thiophene rings is 1. The second-order valence-corrected chi connectivity index (χ2v) is 10.9. The van der Waals surface area contributed by atoms with E-state index in [0.29, 0.717) is 46.3 Å². The van der Waals surface area contributed by atoms with Crippen LogP contribution in [0.3, 0.4) is 0 Å². The maximum atomic E-state index is 13.3. The Hall–Kier alpha value is -0.570. The fourth-order valence-electron chi connectivity index (χ4n) is 3.23. The molecule has 0 aliphatic carbocycles. The molecule has 1 unspecified atom stereocenters. The van der Waals surface area contributed by atoms with Gasteiger partial charge >= 0.3 is 0 Å². The van der Waals surface area contributed by atoms with E-state index in [1.165, 1.54) is 11.3 Å². The van der Waals surface area contributed by atoms with E-state index in [-0.39, 0.29) is 28.5 Å². The van der Waals surface area contributed by atoms with Gasteiger partial charge in [0.05, 0.1) is 21.6 Å². The van der Waals surface area contributed by atoms with Gasteiger partial charge in [0, 0.05) is 41.4 Å². The van der Waals surface area contributed by atoms with E-state index < -0.39 is 9.84 Å². The van der Waals surface area contributed by atoms with Crippen molar-refractivity contribution in [2.75, 3.05) is 31.8 Å². The van der Waals surface area contributed by atoms with Crippen LogP contribution >= 0.6 is 46.1 Å². The number of sulfone groups is 1. The molecule has 2 aromatic rings. The molecule has 27 heavy (non-hydrogen) atoms. The molecule has 148 valence electrons. The summed E-state index contributed by atoms with van der Waals surface area (Å²) in [6, 6.07) is 2.93. The summed E-state index contributed by atoms with van der Waals surface area (Å²) in [5, 5.41) is 1.71. The van der Waals surface area contributed by atoms with E-state index in [9.17, 15) is 13.2 Å². The smallest absolute Gasteiger partial charge is 0.265 e. The predicted octanol–water partition coefficient (Wildman–Crippen LogP) is 4.53. The lowest BCUT2D eigenvalue weighted by Gasteiger charge is -2.28. The molecule has 0 saturated carbocycles. The summed E-state index contributed by atoms with van der Waals surface area (Å²) in [7, 11) is -1.54. The molecule has 3 rings (SSSR count). The lowest BCUT2D eigenvalue weighted by Crippen LogP contribution is -2.41. The highest BCUT2D eigenvalue weighted by atomic mass is 35.5. The number of hydrogen-bond acceptors (Lipinski definition) is 5. The summed E-state index contributed by atoms with van der Waals surface area (Å²) in [4.78, 5) is 15.2. The van der Waals surface area contributed by atoms with Gasteiger partial charge in [-0.05, 0) is 25.0 Å². The zero-order valence-corrected chi connectivity index (χ0v) is 18.4. The van der Waals surface area contributed by atoms with Crippen molar-refractivity contribution in [1.82, 2.24) is 4.90 Å². The SMILES string of the molecule is COCCCN(C(=O)c1sc2cc(Cl)cc(Cl)c2c1Cl)C1CCS(=O)(=O)C1. The van der Waals surface area contributed by atoms with Crippen LogP contribution in [-0.4, -0.2) is 57.0 Å². The van der Waals surface area contributed by atoms with Crippen LogP contribution in [0, 0.1) is 0 Å². The van der Waals surface area contributed by atoms with E-state index in [1.54, 1.807) is 24.1 Å². The maximum absolute atomic E-state index is 13.3.